The zero-order valence-corrected chi connectivity index (χ0v) is 10.2. The molecule has 2 unspecified atom stereocenters. The van der Waals surface area contributed by atoms with Gasteiger partial charge in [-0.25, -0.2) is 9.97 Å². The average molecular weight is 262 g/mol. The normalized spacial score (nSPS) is 26.9. The van der Waals surface area contributed by atoms with E-state index >= 15 is 0 Å². The number of nitrogens with zero attached hydrogens (tertiary/aromatic N) is 3. The molecule has 3 heterocycles. The zero-order chi connectivity index (χ0) is 13.5. The summed E-state index contributed by atoms with van der Waals surface area (Å²) in [7, 11) is 0. The molecule has 0 spiro atoms. The monoisotopic (exact) mass is 262 g/mol. The zero-order valence-electron chi connectivity index (χ0n) is 10.2. The number of rotatable bonds is 3. The van der Waals surface area contributed by atoms with E-state index in [0.29, 0.717) is 30.8 Å². The van der Waals surface area contributed by atoms with Crippen molar-refractivity contribution in [2.24, 2.45) is 0 Å². The third kappa shape index (κ3) is 1.78. The van der Waals surface area contributed by atoms with Crippen LogP contribution in [0.25, 0.3) is 11.0 Å². The molecule has 0 radical (unpaired) electrons. The number of aldehydes is 1. The van der Waals surface area contributed by atoms with E-state index in [2.05, 4.69) is 9.97 Å². The van der Waals surface area contributed by atoms with Crippen molar-refractivity contribution < 1.29 is 14.6 Å². The fourth-order valence-electron chi connectivity index (χ4n) is 2.47. The number of nitrogen functional groups attached to an aromatic ring is 1. The van der Waals surface area contributed by atoms with Gasteiger partial charge in [-0.1, -0.05) is 0 Å². The second-order valence-corrected chi connectivity index (χ2v) is 4.73. The van der Waals surface area contributed by atoms with Crippen LogP contribution in [0.15, 0.2) is 18.6 Å². The number of nitrogens with two attached hydrogens (primary N) is 1. The van der Waals surface area contributed by atoms with E-state index in [4.69, 9.17) is 10.5 Å². The van der Waals surface area contributed by atoms with Crippen molar-refractivity contribution in [3.05, 3.63) is 18.6 Å². The van der Waals surface area contributed by atoms with Crippen LogP contribution in [0.5, 0.6) is 0 Å². The Bertz CT molecular complexity index is 626. The van der Waals surface area contributed by atoms with Gasteiger partial charge in [0.1, 0.15) is 23.4 Å². The molecule has 1 aliphatic heterocycles. The smallest absolute Gasteiger partial charge is 0.154 e. The van der Waals surface area contributed by atoms with Crippen molar-refractivity contribution in [2.75, 3.05) is 18.9 Å². The summed E-state index contributed by atoms with van der Waals surface area (Å²) in [5, 5.41) is 10.1. The minimum atomic E-state index is -1.10. The SMILES string of the molecule is Nc1ncnc2c1ccn2C1COC(C=O)(CO)C1. The molecule has 2 aromatic rings. The van der Waals surface area contributed by atoms with Gasteiger partial charge in [-0.15, -0.1) is 0 Å². The molecule has 1 aliphatic rings. The number of hydrogen-bond acceptors (Lipinski definition) is 6. The van der Waals surface area contributed by atoms with Gasteiger partial charge in [0.2, 0.25) is 0 Å². The standard InChI is InChI=1S/C12H14N4O3/c13-10-9-1-2-16(11(9)15-7-14-10)8-3-12(5-17,6-18)19-4-8/h1-2,5,7-8,18H,3-4,6H2,(H2,13,14,15). The first-order valence-corrected chi connectivity index (χ1v) is 5.97. The second-order valence-electron chi connectivity index (χ2n) is 4.73. The molecule has 2 aromatic heterocycles. The highest BCUT2D eigenvalue weighted by Crippen LogP contribution is 2.34. The molecule has 0 saturated carbocycles. The van der Waals surface area contributed by atoms with Gasteiger partial charge in [0.05, 0.1) is 24.6 Å². The van der Waals surface area contributed by atoms with Gasteiger partial charge in [-0.2, -0.15) is 0 Å². The summed E-state index contributed by atoms with van der Waals surface area (Å²) in [4.78, 5) is 19.2. The number of aliphatic hydroxyl groups excluding tert-OH is 1. The summed E-state index contributed by atoms with van der Waals surface area (Å²) in [6.45, 7) is 0.0380. The fourth-order valence-corrected chi connectivity index (χ4v) is 2.47. The van der Waals surface area contributed by atoms with Gasteiger partial charge >= 0.3 is 0 Å². The summed E-state index contributed by atoms with van der Waals surface area (Å²) in [6.07, 6.45) is 4.34. The Morgan fingerprint density at radius 2 is 2.47 bits per heavy atom. The lowest BCUT2D eigenvalue weighted by Gasteiger charge is -2.18. The van der Waals surface area contributed by atoms with Crippen LogP contribution < -0.4 is 5.73 Å². The number of carbonyl (C=O) groups excluding carboxylic acids is 1. The van der Waals surface area contributed by atoms with Crippen molar-refractivity contribution in [1.29, 1.82) is 0 Å². The van der Waals surface area contributed by atoms with E-state index in [1.54, 1.807) is 0 Å². The van der Waals surface area contributed by atoms with Crippen LogP contribution in [0, 0.1) is 0 Å². The van der Waals surface area contributed by atoms with Gasteiger partial charge in [0.15, 0.2) is 6.29 Å². The third-order valence-electron chi connectivity index (χ3n) is 3.56. The third-order valence-corrected chi connectivity index (χ3v) is 3.56. The maximum Gasteiger partial charge on any atom is 0.154 e. The lowest BCUT2D eigenvalue weighted by atomic mass is 10.0. The van der Waals surface area contributed by atoms with Crippen molar-refractivity contribution >= 4 is 23.1 Å². The quantitative estimate of drug-likeness (QED) is 0.749. The molecule has 19 heavy (non-hydrogen) atoms. The fraction of sp³-hybridized carbons (Fsp3) is 0.417. The van der Waals surface area contributed by atoms with E-state index < -0.39 is 5.60 Å². The summed E-state index contributed by atoms with van der Waals surface area (Å²) in [5.74, 6) is 0.423. The maximum atomic E-state index is 11.1. The van der Waals surface area contributed by atoms with Crippen molar-refractivity contribution in [3.8, 4) is 0 Å². The van der Waals surface area contributed by atoms with Crippen LogP contribution in [-0.2, 0) is 9.53 Å². The minimum Gasteiger partial charge on any atom is -0.393 e. The van der Waals surface area contributed by atoms with Crippen molar-refractivity contribution in [1.82, 2.24) is 14.5 Å². The van der Waals surface area contributed by atoms with Crippen LogP contribution in [-0.4, -0.2) is 44.7 Å². The van der Waals surface area contributed by atoms with Crippen molar-refractivity contribution in [2.45, 2.75) is 18.1 Å². The number of aromatic nitrogens is 3. The van der Waals surface area contributed by atoms with E-state index in [-0.39, 0.29) is 12.6 Å². The number of carbonyl (C=O) groups is 1. The number of fused-ring (bicyclic) bond motifs is 1. The summed E-state index contributed by atoms with van der Waals surface area (Å²) in [6, 6.07) is 1.79. The second kappa shape index (κ2) is 4.29. The van der Waals surface area contributed by atoms with Crippen molar-refractivity contribution in [3.63, 3.8) is 0 Å². The number of ether oxygens (including phenoxy) is 1. The highest BCUT2D eigenvalue weighted by Gasteiger charge is 2.41. The molecule has 100 valence electrons. The number of aliphatic hydroxyl groups is 1. The predicted molar refractivity (Wildman–Crippen MR) is 67.4 cm³/mol. The molecule has 0 amide bonds. The molecular weight excluding hydrogens is 248 g/mol. The molecule has 0 aromatic carbocycles. The largest absolute Gasteiger partial charge is 0.393 e. The first-order valence-electron chi connectivity index (χ1n) is 5.97. The molecular formula is C12H14N4O3. The van der Waals surface area contributed by atoms with Gasteiger partial charge in [0, 0.05) is 12.6 Å². The summed E-state index contributed by atoms with van der Waals surface area (Å²) >= 11 is 0. The van der Waals surface area contributed by atoms with Gasteiger partial charge in [0.25, 0.3) is 0 Å². The van der Waals surface area contributed by atoms with Gasteiger partial charge in [-0.05, 0) is 6.07 Å². The molecule has 0 aliphatic carbocycles. The predicted octanol–water partition coefficient (Wildman–Crippen LogP) is -0.0951. The van der Waals surface area contributed by atoms with Gasteiger partial charge < -0.3 is 24.9 Å². The Balaban J connectivity index is 1.98. The van der Waals surface area contributed by atoms with Crippen LogP contribution in [0.4, 0.5) is 5.82 Å². The maximum absolute atomic E-state index is 11.1. The Morgan fingerprint density at radius 1 is 1.63 bits per heavy atom. The Labute approximate surface area is 109 Å². The van der Waals surface area contributed by atoms with Gasteiger partial charge in [-0.3, -0.25) is 0 Å². The average Bonchev–Trinajstić information content (AvgIpc) is 3.03. The molecule has 0 bridgehead atoms. The molecule has 1 fully saturated rings. The molecule has 7 nitrogen and oxygen atoms in total. The number of anilines is 1. The van der Waals surface area contributed by atoms with Crippen LogP contribution >= 0.6 is 0 Å². The van der Waals surface area contributed by atoms with E-state index in [9.17, 15) is 9.90 Å². The Morgan fingerprint density at radius 3 is 3.16 bits per heavy atom. The lowest BCUT2D eigenvalue weighted by molar-refractivity contribution is -0.129. The van der Waals surface area contributed by atoms with E-state index in [1.165, 1.54) is 6.33 Å². The Kier molecular flexibility index (Phi) is 2.72. The van der Waals surface area contributed by atoms with Crippen LogP contribution in [0.3, 0.4) is 0 Å². The number of hydrogen-bond donors (Lipinski definition) is 2. The summed E-state index contributed by atoms with van der Waals surface area (Å²) in [5.41, 5.74) is 5.39. The molecule has 3 rings (SSSR count). The molecule has 3 N–H and O–H groups in total. The van der Waals surface area contributed by atoms with E-state index in [1.807, 2.05) is 16.8 Å². The highest BCUT2D eigenvalue weighted by molar-refractivity contribution is 5.86. The first kappa shape index (κ1) is 12.1. The highest BCUT2D eigenvalue weighted by atomic mass is 16.5. The molecule has 7 heteroatoms. The lowest BCUT2D eigenvalue weighted by Crippen LogP contribution is -2.34. The first-order chi connectivity index (χ1) is 9.19. The Hall–Kier alpha value is -1.99. The van der Waals surface area contributed by atoms with Crippen LogP contribution in [0.1, 0.15) is 12.5 Å². The minimum absolute atomic E-state index is 0.0517. The van der Waals surface area contributed by atoms with Crippen LogP contribution in [0.2, 0.25) is 0 Å². The molecule has 1 saturated heterocycles. The summed E-state index contributed by atoms with van der Waals surface area (Å²) < 4.78 is 7.35. The topological polar surface area (TPSA) is 103 Å². The molecule has 2 atom stereocenters. The van der Waals surface area contributed by atoms with E-state index in [0.717, 1.165) is 5.39 Å².